The van der Waals surface area contributed by atoms with Crippen molar-refractivity contribution in [2.75, 3.05) is 18.0 Å². The van der Waals surface area contributed by atoms with Gasteiger partial charge >= 0.3 is 5.97 Å². The highest BCUT2D eigenvalue weighted by Crippen LogP contribution is 2.28. The van der Waals surface area contributed by atoms with Crippen LogP contribution in [-0.2, 0) is 4.74 Å². The van der Waals surface area contributed by atoms with Crippen LogP contribution in [0.25, 0.3) is 0 Å². The highest BCUT2D eigenvalue weighted by molar-refractivity contribution is 5.85. The number of piperidine rings is 1. The summed E-state index contributed by atoms with van der Waals surface area (Å²) in [5.41, 5.74) is 0.109. The molecule has 1 aliphatic heterocycles. The van der Waals surface area contributed by atoms with Crippen molar-refractivity contribution in [1.29, 1.82) is 0 Å². The van der Waals surface area contributed by atoms with E-state index in [2.05, 4.69) is 16.8 Å². The summed E-state index contributed by atoms with van der Waals surface area (Å²) in [6, 6.07) is 5.18. The number of rotatable bonds is 4. The first kappa shape index (κ1) is 16.2. The van der Waals surface area contributed by atoms with Gasteiger partial charge in [-0.15, -0.1) is 0 Å². The van der Waals surface area contributed by atoms with Gasteiger partial charge in [0.25, 0.3) is 0 Å². The Labute approximate surface area is 137 Å². The molecule has 0 aromatic carbocycles. The number of nitrogens with zero attached hydrogens (tertiary/aromatic N) is 2. The molecular weight excluding hydrogens is 292 g/mol. The second-order valence-electron chi connectivity index (χ2n) is 6.89. The van der Waals surface area contributed by atoms with Gasteiger partial charge in [-0.3, -0.25) is 0 Å². The molecule has 1 aromatic heterocycles. The lowest BCUT2D eigenvalue weighted by atomic mass is 9.88. The summed E-state index contributed by atoms with van der Waals surface area (Å²) < 4.78 is 6.29. The summed E-state index contributed by atoms with van der Waals surface area (Å²) in [6.45, 7) is 4.08. The van der Waals surface area contributed by atoms with Crippen molar-refractivity contribution < 1.29 is 14.6 Å². The molecule has 0 unspecified atom stereocenters. The molecule has 1 aliphatic carbocycles. The number of aromatic nitrogens is 1. The lowest BCUT2D eigenvalue weighted by molar-refractivity contribution is -0.0447. The van der Waals surface area contributed by atoms with Gasteiger partial charge in [-0.2, -0.15) is 0 Å². The maximum atomic E-state index is 11.0. The van der Waals surface area contributed by atoms with Crippen molar-refractivity contribution in [2.45, 2.75) is 57.7 Å². The van der Waals surface area contributed by atoms with E-state index in [1.54, 1.807) is 6.07 Å². The van der Waals surface area contributed by atoms with E-state index in [9.17, 15) is 4.79 Å². The maximum absolute atomic E-state index is 11.0. The van der Waals surface area contributed by atoms with E-state index >= 15 is 0 Å². The molecule has 0 bridgehead atoms. The van der Waals surface area contributed by atoms with Gasteiger partial charge in [-0.25, -0.2) is 9.78 Å². The van der Waals surface area contributed by atoms with Crippen molar-refractivity contribution in [3.63, 3.8) is 0 Å². The van der Waals surface area contributed by atoms with Gasteiger partial charge in [0.05, 0.1) is 12.2 Å². The van der Waals surface area contributed by atoms with Crippen molar-refractivity contribution in [1.82, 2.24) is 4.98 Å². The number of carbonyl (C=O) groups is 1. The van der Waals surface area contributed by atoms with Gasteiger partial charge in [0.1, 0.15) is 5.82 Å². The highest BCUT2D eigenvalue weighted by Gasteiger charge is 2.26. The van der Waals surface area contributed by atoms with E-state index in [-0.39, 0.29) is 5.69 Å². The quantitative estimate of drug-likeness (QED) is 0.922. The Morgan fingerprint density at radius 2 is 1.78 bits per heavy atom. The van der Waals surface area contributed by atoms with Crippen molar-refractivity contribution >= 4 is 11.8 Å². The molecule has 3 rings (SSSR count). The average Bonchev–Trinajstić information content (AvgIpc) is 2.58. The minimum Gasteiger partial charge on any atom is -0.477 e. The summed E-state index contributed by atoms with van der Waals surface area (Å²) in [6.07, 6.45) is 7.73. The van der Waals surface area contributed by atoms with Crippen molar-refractivity contribution in [3.05, 3.63) is 23.9 Å². The Balaban J connectivity index is 1.50. The number of carboxylic acid groups (broad SMARTS) is 1. The second kappa shape index (κ2) is 7.30. The number of hydrogen-bond donors (Lipinski definition) is 1. The van der Waals surface area contributed by atoms with Gasteiger partial charge in [-0.05, 0) is 56.6 Å². The third-order valence-corrected chi connectivity index (χ3v) is 5.07. The molecular formula is C18H26N2O3. The standard InChI is InChI=1S/C18H26N2O3/c1-13-5-7-14(8-6-13)23-15-9-11-20(12-10-15)17-4-2-3-16(19-17)18(21)22/h2-4,13-15H,5-12H2,1H3,(H,21,22). The molecule has 126 valence electrons. The van der Waals surface area contributed by atoms with Crippen LogP contribution in [0.15, 0.2) is 18.2 Å². The topological polar surface area (TPSA) is 62.7 Å². The summed E-state index contributed by atoms with van der Waals surface area (Å²) in [4.78, 5) is 17.4. The molecule has 0 amide bonds. The van der Waals surface area contributed by atoms with Crippen LogP contribution in [0.1, 0.15) is 55.9 Å². The largest absolute Gasteiger partial charge is 0.477 e. The zero-order valence-corrected chi connectivity index (χ0v) is 13.8. The average molecular weight is 318 g/mol. The summed E-state index contributed by atoms with van der Waals surface area (Å²) in [5, 5.41) is 9.05. The minimum atomic E-state index is -0.975. The van der Waals surface area contributed by atoms with Gasteiger partial charge < -0.3 is 14.7 Å². The third kappa shape index (κ3) is 4.22. The van der Waals surface area contributed by atoms with E-state index in [1.807, 2.05) is 6.07 Å². The molecule has 1 aromatic rings. The molecule has 2 heterocycles. The predicted octanol–water partition coefficient (Wildman–Crippen LogP) is 3.34. The number of carboxylic acids is 1. The van der Waals surface area contributed by atoms with Crippen LogP contribution < -0.4 is 4.90 Å². The summed E-state index contributed by atoms with van der Waals surface area (Å²) >= 11 is 0. The molecule has 5 heteroatoms. The lowest BCUT2D eigenvalue weighted by Crippen LogP contribution is -2.39. The Morgan fingerprint density at radius 1 is 1.13 bits per heavy atom. The molecule has 0 spiro atoms. The molecule has 1 saturated carbocycles. The van der Waals surface area contributed by atoms with Gasteiger partial charge in [0.2, 0.25) is 0 Å². The summed E-state index contributed by atoms with van der Waals surface area (Å²) in [5.74, 6) is 0.635. The van der Waals surface area contributed by atoms with E-state index in [1.165, 1.54) is 31.7 Å². The number of ether oxygens (including phenoxy) is 1. The number of aromatic carboxylic acids is 1. The first-order valence-corrected chi connectivity index (χ1v) is 8.72. The Kier molecular flexibility index (Phi) is 5.16. The predicted molar refractivity (Wildman–Crippen MR) is 88.9 cm³/mol. The zero-order chi connectivity index (χ0) is 16.2. The highest BCUT2D eigenvalue weighted by atomic mass is 16.5. The molecule has 0 radical (unpaired) electrons. The van der Waals surface area contributed by atoms with E-state index in [4.69, 9.17) is 9.84 Å². The first-order chi connectivity index (χ1) is 11.1. The van der Waals surface area contributed by atoms with Crippen LogP contribution in [0.4, 0.5) is 5.82 Å². The molecule has 0 atom stereocenters. The van der Waals surface area contributed by atoms with E-state index in [0.29, 0.717) is 12.2 Å². The van der Waals surface area contributed by atoms with Gasteiger partial charge in [-0.1, -0.05) is 13.0 Å². The smallest absolute Gasteiger partial charge is 0.354 e. The first-order valence-electron chi connectivity index (χ1n) is 8.72. The van der Waals surface area contributed by atoms with E-state index in [0.717, 1.165) is 37.7 Å². The fourth-order valence-corrected chi connectivity index (χ4v) is 3.58. The van der Waals surface area contributed by atoms with Gasteiger partial charge in [0.15, 0.2) is 5.69 Å². The Bertz CT molecular complexity index is 533. The molecule has 1 N–H and O–H groups in total. The fourth-order valence-electron chi connectivity index (χ4n) is 3.58. The zero-order valence-electron chi connectivity index (χ0n) is 13.8. The van der Waals surface area contributed by atoms with E-state index < -0.39 is 5.97 Å². The molecule has 1 saturated heterocycles. The van der Waals surface area contributed by atoms with Crippen LogP contribution in [0.5, 0.6) is 0 Å². The molecule has 2 fully saturated rings. The third-order valence-electron chi connectivity index (χ3n) is 5.07. The van der Waals surface area contributed by atoms with Crippen LogP contribution in [-0.4, -0.2) is 41.4 Å². The van der Waals surface area contributed by atoms with Crippen LogP contribution in [0.2, 0.25) is 0 Å². The second-order valence-corrected chi connectivity index (χ2v) is 6.89. The molecule has 5 nitrogen and oxygen atoms in total. The van der Waals surface area contributed by atoms with Crippen LogP contribution in [0.3, 0.4) is 0 Å². The minimum absolute atomic E-state index is 0.109. The normalized spacial score (nSPS) is 26.2. The number of hydrogen-bond acceptors (Lipinski definition) is 4. The molecule has 2 aliphatic rings. The van der Waals surface area contributed by atoms with Gasteiger partial charge in [0, 0.05) is 13.1 Å². The van der Waals surface area contributed by atoms with Crippen molar-refractivity contribution in [2.24, 2.45) is 5.92 Å². The number of pyridine rings is 1. The Hall–Kier alpha value is -1.62. The van der Waals surface area contributed by atoms with Crippen LogP contribution >= 0.6 is 0 Å². The Morgan fingerprint density at radius 3 is 2.43 bits per heavy atom. The molecule has 23 heavy (non-hydrogen) atoms. The van der Waals surface area contributed by atoms with Crippen molar-refractivity contribution in [3.8, 4) is 0 Å². The SMILES string of the molecule is CC1CCC(OC2CCN(c3cccc(C(=O)O)n3)CC2)CC1. The van der Waals surface area contributed by atoms with Crippen LogP contribution in [0, 0.1) is 5.92 Å². The lowest BCUT2D eigenvalue weighted by Gasteiger charge is -2.36. The number of anilines is 1. The fraction of sp³-hybridized carbons (Fsp3) is 0.667. The summed E-state index contributed by atoms with van der Waals surface area (Å²) in [7, 11) is 0. The maximum Gasteiger partial charge on any atom is 0.354 e. The monoisotopic (exact) mass is 318 g/mol.